The Labute approximate surface area is 201 Å². The van der Waals surface area contributed by atoms with Gasteiger partial charge in [0, 0.05) is 31.4 Å². The van der Waals surface area contributed by atoms with Crippen molar-refractivity contribution in [3.8, 4) is 0 Å². The molecule has 1 amide bonds. The summed E-state index contributed by atoms with van der Waals surface area (Å²) in [7, 11) is 3.21. The minimum Gasteiger partial charge on any atom is -0.384 e. The number of amides is 1. The van der Waals surface area contributed by atoms with Crippen LogP contribution in [0.1, 0.15) is 33.2 Å². The maximum absolute atomic E-state index is 13.1. The van der Waals surface area contributed by atoms with Crippen molar-refractivity contribution >= 4 is 34.8 Å². The third kappa shape index (κ3) is 5.04. The molecule has 0 bridgehead atoms. The summed E-state index contributed by atoms with van der Waals surface area (Å²) >= 11 is 6.08. The predicted molar refractivity (Wildman–Crippen MR) is 133 cm³/mol. The van der Waals surface area contributed by atoms with Crippen molar-refractivity contribution in [3.63, 3.8) is 0 Å². The van der Waals surface area contributed by atoms with E-state index < -0.39 is 17.0 Å². The molecule has 0 unspecified atom stereocenters. The highest BCUT2D eigenvalue weighted by molar-refractivity contribution is 6.31. The normalized spacial score (nSPS) is 10.7. The van der Waals surface area contributed by atoms with Crippen LogP contribution in [0.15, 0.2) is 58.1 Å². The zero-order valence-electron chi connectivity index (χ0n) is 19.2. The second-order valence-corrected chi connectivity index (χ2v) is 8.27. The first-order valence-corrected chi connectivity index (χ1v) is 11.0. The van der Waals surface area contributed by atoms with E-state index >= 15 is 0 Å². The molecule has 2 aromatic carbocycles. The van der Waals surface area contributed by atoms with E-state index in [4.69, 9.17) is 17.3 Å². The van der Waals surface area contributed by atoms with Crippen LogP contribution in [-0.4, -0.2) is 46.4 Å². The molecule has 9 nitrogen and oxygen atoms in total. The van der Waals surface area contributed by atoms with E-state index in [1.165, 1.54) is 15.5 Å². The van der Waals surface area contributed by atoms with Gasteiger partial charge in [-0.05, 0) is 30.7 Å². The Hall–Kier alpha value is -3.85. The maximum atomic E-state index is 13.1. The van der Waals surface area contributed by atoms with Crippen LogP contribution in [0.3, 0.4) is 0 Å². The molecule has 0 saturated heterocycles. The largest absolute Gasteiger partial charge is 0.384 e. The summed E-state index contributed by atoms with van der Waals surface area (Å²) in [5.41, 5.74) is 6.00. The lowest BCUT2D eigenvalue weighted by Crippen LogP contribution is -2.44. The van der Waals surface area contributed by atoms with E-state index in [-0.39, 0.29) is 36.9 Å². The second-order valence-electron chi connectivity index (χ2n) is 7.83. The number of anilines is 2. The standard InChI is InChI=1S/C24H26ClN5O4/c1-4-29-23(33)20(21(26)30(24(29)34)14-15-8-6-5-7-9-15)19(31)13-27-18-12-16(25)10-11-17(18)22(32)28(2)3/h5-12,27H,4,13-14,26H2,1-3H3. The van der Waals surface area contributed by atoms with Gasteiger partial charge in [-0.2, -0.15) is 0 Å². The number of nitrogens with two attached hydrogens (primary N) is 1. The molecule has 0 radical (unpaired) electrons. The van der Waals surface area contributed by atoms with Gasteiger partial charge in [-0.3, -0.25) is 23.5 Å². The number of rotatable bonds is 8. The van der Waals surface area contributed by atoms with Crippen molar-refractivity contribution in [2.75, 3.05) is 31.7 Å². The molecule has 3 rings (SSSR count). The number of Topliss-reactive ketones (excluding diaryl/α,β-unsaturated/α-hetero) is 1. The van der Waals surface area contributed by atoms with Gasteiger partial charge in [-0.25, -0.2) is 4.79 Å². The summed E-state index contributed by atoms with van der Waals surface area (Å²) in [6.07, 6.45) is 0. The molecule has 0 fully saturated rings. The minimum atomic E-state index is -0.753. The van der Waals surface area contributed by atoms with Gasteiger partial charge in [-0.1, -0.05) is 41.9 Å². The van der Waals surface area contributed by atoms with Gasteiger partial charge in [0.2, 0.25) is 0 Å². The number of hydrogen-bond acceptors (Lipinski definition) is 6. The van der Waals surface area contributed by atoms with E-state index in [0.717, 1.165) is 10.1 Å². The molecule has 3 aromatic rings. The molecule has 10 heteroatoms. The summed E-state index contributed by atoms with van der Waals surface area (Å²) < 4.78 is 2.20. The van der Waals surface area contributed by atoms with E-state index in [0.29, 0.717) is 16.3 Å². The molecule has 3 N–H and O–H groups in total. The lowest BCUT2D eigenvalue weighted by molar-refractivity contribution is 0.0828. The van der Waals surface area contributed by atoms with Crippen LogP contribution in [0.5, 0.6) is 0 Å². The number of nitrogens with zero attached hydrogens (tertiary/aromatic N) is 3. The van der Waals surface area contributed by atoms with Gasteiger partial charge < -0.3 is 16.0 Å². The average Bonchev–Trinajstić information content (AvgIpc) is 2.81. The first kappa shape index (κ1) is 24.8. The lowest BCUT2D eigenvalue weighted by Gasteiger charge is -2.17. The third-order valence-corrected chi connectivity index (χ3v) is 5.54. The van der Waals surface area contributed by atoms with E-state index in [1.54, 1.807) is 33.2 Å². The minimum absolute atomic E-state index is 0.0796. The molecule has 0 aliphatic rings. The van der Waals surface area contributed by atoms with Crippen molar-refractivity contribution in [1.29, 1.82) is 0 Å². The summed E-state index contributed by atoms with van der Waals surface area (Å²) in [6.45, 7) is 1.50. The summed E-state index contributed by atoms with van der Waals surface area (Å²) in [5, 5.41) is 3.26. The highest BCUT2D eigenvalue weighted by Gasteiger charge is 2.23. The number of carbonyl (C=O) groups excluding carboxylic acids is 2. The van der Waals surface area contributed by atoms with Crippen LogP contribution in [0.25, 0.3) is 0 Å². The first-order chi connectivity index (χ1) is 16.1. The quantitative estimate of drug-likeness (QED) is 0.474. The molecule has 0 spiro atoms. The van der Waals surface area contributed by atoms with Crippen molar-refractivity contribution < 1.29 is 9.59 Å². The third-order valence-electron chi connectivity index (χ3n) is 5.30. The number of hydrogen-bond donors (Lipinski definition) is 2. The van der Waals surface area contributed by atoms with Gasteiger partial charge >= 0.3 is 5.69 Å². The smallest absolute Gasteiger partial charge is 0.332 e. The van der Waals surface area contributed by atoms with Crippen LogP contribution < -0.4 is 22.3 Å². The number of ketones is 1. The molecule has 1 heterocycles. The number of halogens is 1. The van der Waals surface area contributed by atoms with E-state index in [2.05, 4.69) is 5.32 Å². The number of carbonyl (C=O) groups is 2. The highest BCUT2D eigenvalue weighted by Crippen LogP contribution is 2.22. The van der Waals surface area contributed by atoms with Gasteiger partial charge in [-0.15, -0.1) is 0 Å². The zero-order chi connectivity index (χ0) is 25.0. The highest BCUT2D eigenvalue weighted by atomic mass is 35.5. The van der Waals surface area contributed by atoms with Crippen molar-refractivity contribution in [3.05, 3.63) is 91.1 Å². The molecule has 0 aliphatic heterocycles. The zero-order valence-corrected chi connectivity index (χ0v) is 19.9. The Morgan fingerprint density at radius 1 is 1.06 bits per heavy atom. The summed E-state index contributed by atoms with van der Waals surface area (Å²) in [5.74, 6) is -1.10. The Kier molecular flexibility index (Phi) is 7.57. The van der Waals surface area contributed by atoms with Gasteiger partial charge in [0.05, 0.1) is 18.7 Å². The Bertz CT molecular complexity index is 1350. The van der Waals surface area contributed by atoms with Gasteiger partial charge in [0.15, 0.2) is 5.78 Å². The summed E-state index contributed by atoms with van der Waals surface area (Å²) in [4.78, 5) is 52.9. The molecule has 1 aromatic heterocycles. The molecular weight excluding hydrogens is 458 g/mol. The van der Waals surface area contributed by atoms with E-state index in [9.17, 15) is 19.2 Å². The van der Waals surface area contributed by atoms with Gasteiger partial charge in [0.1, 0.15) is 11.4 Å². The van der Waals surface area contributed by atoms with Gasteiger partial charge in [0.25, 0.3) is 11.5 Å². The van der Waals surface area contributed by atoms with Crippen molar-refractivity contribution in [2.45, 2.75) is 20.0 Å². The topological polar surface area (TPSA) is 119 Å². The first-order valence-electron chi connectivity index (χ1n) is 10.6. The Morgan fingerprint density at radius 3 is 2.35 bits per heavy atom. The predicted octanol–water partition coefficient (Wildman–Crippen LogP) is 2.31. The van der Waals surface area contributed by atoms with Crippen LogP contribution in [0, 0.1) is 0 Å². The van der Waals surface area contributed by atoms with E-state index in [1.807, 2.05) is 30.3 Å². The fourth-order valence-electron chi connectivity index (χ4n) is 3.53. The second kappa shape index (κ2) is 10.4. The fraction of sp³-hybridized carbons (Fsp3) is 0.250. The monoisotopic (exact) mass is 483 g/mol. The van der Waals surface area contributed by atoms with Crippen molar-refractivity contribution in [2.24, 2.45) is 0 Å². The van der Waals surface area contributed by atoms with Crippen LogP contribution >= 0.6 is 11.6 Å². The number of nitrogen functional groups attached to an aromatic ring is 1. The number of nitrogens with one attached hydrogen (secondary N) is 1. The maximum Gasteiger partial charge on any atom is 0.332 e. The molecule has 0 saturated carbocycles. The van der Waals surface area contributed by atoms with Crippen molar-refractivity contribution in [1.82, 2.24) is 14.0 Å². The molecule has 0 atom stereocenters. The number of benzene rings is 2. The fourth-order valence-corrected chi connectivity index (χ4v) is 3.70. The number of aromatic nitrogens is 2. The lowest BCUT2D eigenvalue weighted by atomic mass is 10.1. The van der Waals surface area contributed by atoms with Crippen LogP contribution in [0.4, 0.5) is 11.5 Å². The van der Waals surface area contributed by atoms with Crippen LogP contribution in [0.2, 0.25) is 5.02 Å². The average molecular weight is 484 g/mol. The Morgan fingerprint density at radius 2 is 1.74 bits per heavy atom. The molecule has 178 valence electrons. The molecule has 34 heavy (non-hydrogen) atoms. The Balaban J connectivity index is 1.99. The summed E-state index contributed by atoms with van der Waals surface area (Å²) in [6, 6.07) is 13.8. The van der Waals surface area contributed by atoms with Crippen LogP contribution in [-0.2, 0) is 13.1 Å². The SMILES string of the molecule is CCn1c(=O)c(C(=O)CNc2cc(Cl)ccc2C(=O)N(C)C)c(N)n(Cc2ccccc2)c1=O. The molecular formula is C24H26ClN5O4. The molecule has 0 aliphatic carbocycles.